The Hall–Kier alpha value is -2.16. The molecule has 0 aliphatic heterocycles. The van der Waals surface area contributed by atoms with Gasteiger partial charge in [0.1, 0.15) is 0 Å². The van der Waals surface area contributed by atoms with Crippen LogP contribution in [0.15, 0.2) is 55.1 Å². The lowest BCUT2D eigenvalue weighted by Crippen LogP contribution is -1.97. The summed E-state index contributed by atoms with van der Waals surface area (Å²) in [7, 11) is 0. The molecule has 2 aromatic heterocycles. The third kappa shape index (κ3) is 1.56. The Balaban J connectivity index is 2.01. The first kappa shape index (κ1) is 9.09. The minimum Gasteiger partial charge on any atom is -0.326 e. The highest BCUT2D eigenvalue weighted by molar-refractivity contribution is 5.75. The van der Waals surface area contributed by atoms with E-state index in [-0.39, 0.29) is 0 Å². The summed E-state index contributed by atoms with van der Waals surface area (Å²) in [6.07, 6.45) is 5.54. The molecule has 3 rings (SSSR count). The van der Waals surface area contributed by atoms with Gasteiger partial charge in [-0.2, -0.15) is 0 Å². The predicted molar refractivity (Wildman–Crippen MR) is 63.1 cm³/mol. The topological polar surface area (TPSA) is 30.7 Å². The number of hydrogen-bond acceptors (Lipinski definition) is 2. The average Bonchev–Trinajstić information content (AvgIpc) is 2.74. The van der Waals surface area contributed by atoms with Crippen molar-refractivity contribution >= 4 is 11.0 Å². The van der Waals surface area contributed by atoms with Gasteiger partial charge in [0.15, 0.2) is 0 Å². The minimum absolute atomic E-state index is 0.814. The summed E-state index contributed by atoms with van der Waals surface area (Å²) < 4.78 is 2.13. The van der Waals surface area contributed by atoms with Gasteiger partial charge in [-0.3, -0.25) is 4.98 Å². The number of imidazole rings is 1. The molecule has 2 heterocycles. The van der Waals surface area contributed by atoms with Gasteiger partial charge < -0.3 is 4.57 Å². The molecular formula is C13H11N3. The lowest BCUT2D eigenvalue weighted by molar-refractivity contribution is 0.820. The lowest BCUT2D eigenvalue weighted by atomic mass is 10.2. The van der Waals surface area contributed by atoms with Gasteiger partial charge in [0, 0.05) is 12.4 Å². The molecule has 0 unspecified atom stereocenters. The fourth-order valence-corrected chi connectivity index (χ4v) is 1.82. The molecule has 0 atom stereocenters. The fraction of sp³-hybridized carbons (Fsp3) is 0.0769. The van der Waals surface area contributed by atoms with Crippen LogP contribution in [0.1, 0.15) is 5.56 Å². The van der Waals surface area contributed by atoms with Crippen molar-refractivity contribution in [3.05, 3.63) is 60.7 Å². The van der Waals surface area contributed by atoms with E-state index in [1.54, 1.807) is 6.20 Å². The van der Waals surface area contributed by atoms with Crippen LogP contribution in [-0.4, -0.2) is 14.5 Å². The summed E-state index contributed by atoms with van der Waals surface area (Å²) >= 11 is 0. The second-order valence-electron chi connectivity index (χ2n) is 3.72. The molecule has 0 amide bonds. The average molecular weight is 209 g/mol. The van der Waals surface area contributed by atoms with Gasteiger partial charge in [0.2, 0.25) is 0 Å². The van der Waals surface area contributed by atoms with E-state index in [1.165, 1.54) is 5.56 Å². The molecule has 3 nitrogen and oxygen atoms in total. The quantitative estimate of drug-likeness (QED) is 0.649. The van der Waals surface area contributed by atoms with E-state index < -0.39 is 0 Å². The lowest BCUT2D eigenvalue weighted by Gasteiger charge is -2.03. The molecule has 1 aromatic carbocycles. The standard InChI is InChI=1S/C13H11N3/c1-2-6-13-12(5-1)15-10-16(13)9-11-4-3-7-14-8-11/h1-8,10H,9H2. The highest BCUT2D eigenvalue weighted by Crippen LogP contribution is 2.13. The predicted octanol–water partition coefficient (Wildman–Crippen LogP) is 2.48. The van der Waals surface area contributed by atoms with Gasteiger partial charge in [-0.25, -0.2) is 4.98 Å². The van der Waals surface area contributed by atoms with Crippen molar-refractivity contribution in [1.29, 1.82) is 0 Å². The van der Waals surface area contributed by atoms with Gasteiger partial charge in [-0.05, 0) is 23.8 Å². The van der Waals surface area contributed by atoms with Gasteiger partial charge in [-0.15, -0.1) is 0 Å². The number of aromatic nitrogens is 3. The number of fused-ring (bicyclic) bond motifs is 1. The van der Waals surface area contributed by atoms with E-state index in [4.69, 9.17) is 0 Å². The van der Waals surface area contributed by atoms with E-state index in [2.05, 4.69) is 26.7 Å². The minimum atomic E-state index is 0.814. The van der Waals surface area contributed by atoms with Crippen molar-refractivity contribution in [1.82, 2.24) is 14.5 Å². The Morgan fingerprint density at radius 2 is 2.00 bits per heavy atom. The third-order valence-electron chi connectivity index (χ3n) is 2.60. The molecule has 0 saturated heterocycles. The van der Waals surface area contributed by atoms with Crippen LogP contribution in [0.2, 0.25) is 0 Å². The van der Waals surface area contributed by atoms with E-state index in [9.17, 15) is 0 Å². The van der Waals surface area contributed by atoms with Crippen LogP contribution in [0.25, 0.3) is 11.0 Å². The Kier molecular flexibility index (Phi) is 2.14. The molecule has 0 radical (unpaired) electrons. The van der Waals surface area contributed by atoms with Crippen molar-refractivity contribution in [2.45, 2.75) is 6.54 Å². The van der Waals surface area contributed by atoms with Crippen molar-refractivity contribution in [2.24, 2.45) is 0 Å². The van der Waals surface area contributed by atoms with E-state index in [0.29, 0.717) is 0 Å². The van der Waals surface area contributed by atoms with Crippen molar-refractivity contribution in [2.75, 3.05) is 0 Å². The van der Waals surface area contributed by atoms with Crippen molar-refractivity contribution in [3.8, 4) is 0 Å². The number of rotatable bonds is 2. The van der Waals surface area contributed by atoms with Crippen molar-refractivity contribution < 1.29 is 0 Å². The number of pyridine rings is 1. The summed E-state index contributed by atoms with van der Waals surface area (Å²) in [6, 6.07) is 12.2. The van der Waals surface area contributed by atoms with Crippen LogP contribution in [0.4, 0.5) is 0 Å². The van der Waals surface area contributed by atoms with Gasteiger partial charge in [-0.1, -0.05) is 18.2 Å². The largest absolute Gasteiger partial charge is 0.326 e. The van der Waals surface area contributed by atoms with Crippen LogP contribution in [0.5, 0.6) is 0 Å². The Morgan fingerprint density at radius 1 is 1.06 bits per heavy atom. The summed E-state index contributed by atoms with van der Waals surface area (Å²) in [5, 5.41) is 0. The summed E-state index contributed by atoms with van der Waals surface area (Å²) in [5.74, 6) is 0. The van der Waals surface area contributed by atoms with Crippen molar-refractivity contribution in [3.63, 3.8) is 0 Å². The van der Waals surface area contributed by atoms with Gasteiger partial charge >= 0.3 is 0 Å². The zero-order valence-corrected chi connectivity index (χ0v) is 8.74. The highest BCUT2D eigenvalue weighted by Gasteiger charge is 2.01. The van der Waals surface area contributed by atoms with Crippen LogP contribution in [-0.2, 0) is 6.54 Å². The van der Waals surface area contributed by atoms with Crippen LogP contribution in [0.3, 0.4) is 0 Å². The van der Waals surface area contributed by atoms with Gasteiger partial charge in [0.05, 0.1) is 23.9 Å². The van der Waals surface area contributed by atoms with Crippen LogP contribution < -0.4 is 0 Å². The second kappa shape index (κ2) is 3.77. The summed E-state index contributed by atoms with van der Waals surface area (Å²) in [5.41, 5.74) is 3.38. The molecule has 0 bridgehead atoms. The molecule has 78 valence electrons. The smallest absolute Gasteiger partial charge is 0.0961 e. The van der Waals surface area contributed by atoms with E-state index in [0.717, 1.165) is 17.6 Å². The van der Waals surface area contributed by atoms with E-state index >= 15 is 0 Å². The Bertz CT molecular complexity index is 599. The second-order valence-corrected chi connectivity index (χ2v) is 3.72. The fourth-order valence-electron chi connectivity index (χ4n) is 1.82. The van der Waals surface area contributed by atoms with Gasteiger partial charge in [0.25, 0.3) is 0 Å². The SMILES string of the molecule is c1cncc(Cn2cnc3ccccc32)c1. The third-order valence-corrected chi connectivity index (χ3v) is 2.60. The number of nitrogens with zero attached hydrogens (tertiary/aromatic N) is 3. The Morgan fingerprint density at radius 3 is 2.88 bits per heavy atom. The first-order valence-electron chi connectivity index (χ1n) is 5.22. The molecule has 0 N–H and O–H groups in total. The van der Waals surface area contributed by atoms with E-state index in [1.807, 2.05) is 36.8 Å². The molecule has 0 saturated carbocycles. The maximum Gasteiger partial charge on any atom is 0.0961 e. The monoisotopic (exact) mass is 209 g/mol. The maximum absolute atomic E-state index is 4.36. The summed E-state index contributed by atoms with van der Waals surface area (Å²) in [6.45, 7) is 0.814. The first-order valence-corrected chi connectivity index (χ1v) is 5.22. The van der Waals surface area contributed by atoms with Crippen LogP contribution in [0, 0.1) is 0 Å². The molecule has 0 fully saturated rings. The Labute approximate surface area is 93.4 Å². The zero-order valence-electron chi connectivity index (χ0n) is 8.74. The first-order chi connectivity index (χ1) is 7.93. The molecule has 0 aliphatic rings. The number of hydrogen-bond donors (Lipinski definition) is 0. The zero-order chi connectivity index (χ0) is 10.8. The molecule has 0 aliphatic carbocycles. The number of benzene rings is 1. The summed E-state index contributed by atoms with van der Waals surface area (Å²) in [4.78, 5) is 8.47. The molecule has 16 heavy (non-hydrogen) atoms. The maximum atomic E-state index is 4.36. The van der Waals surface area contributed by atoms with Crippen LogP contribution >= 0.6 is 0 Å². The molecule has 3 heteroatoms. The molecule has 0 spiro atoms. The highest BCUT2D eigenvalue weighted by atomic mass is 15.0. The molecule has 3 aromatic rings. The number of para-hydroxylation sites is 2. The molecular weight excluding hydrogens is 198 g/mol. The normalized spacial score (nSPS) is 10.8.